The highest BCUT2D eigenvalue weighted by Gasteiger charge is 2.28. The van der Waals surface area contributed by atoms with Crippen molar-refractivity contribution in [2.45, 2.75) is 12.5 Å². The van der Waals surface area contributed by atoms with Crippen molar-refractivity contribution in [1.82, 2.24) is 0 Å². The first-order chi connectivity index (χ1) is 8.39. The van der Waals surface area contributed by atoms with E-state index in [0.29, 0.717) is 12.1 Å². The first-order valence-electron chi connectivity index (χ1n) is 5.44. The SMILES string of the molecule is NC(=O)N(c1ccc(F)cc1)C1CCS([O-])([O-])C1. The van der Waals surface area contributed by atoms with Crippen LogP contribution in [-0.2, 0) is 0 Å². The van der Waals surface area contributed by atoms with Gasteiger partial charge in [0.1, 0.15) is 5.82 Å². The molecule has 5 nitrogen and oxygen atoms in total. The largest absolute Gasteiger partial charge is 0.800 e. The normalized spacial score (nSPS) is 23.6. The molecule has 1 aromatic rings. The van der Waals surface area contributed by atoms with E-state index in [2.05, 4.69) is 0 Å². The predicted molar refractivity (Wildman–Crippen MR) is 65.7 cm³/mol. The Morgan fingerprint density at radius 3 is 2.44 bits per heavy atom. The van der Waals surface area contributed by atoms with Gasteiger partial charge in [-0.3, -0.25) is 4.90 Å². The van der Waals surface area contributed by atoms with E-state index in [0.717, 1.165) is 0 Å². The molecule has 18 heavy (non-hydrogen) atoms. The zero-order valence-corrected chi connectivity index (χ0v) is 10.4. The summed E-state index contributed by atoms with van der Waals surface area (Å²) in [5.41, 5.74) is 5.68. The molecular weight excluding hydrogens is 259 g/mol. The number of rotatable bonds is 2. The molecule has 0 spiro atoms. The minimum Gasteiger partial charge on any atom is -0.800 e. The number of sulfone groups is 1. The molecule has 1 fully saturated rings. The van der Waals surface area contributed by atoms with Crippen molar-refractivity contribution in [3.63, 3.8) is 0 Å². The highest BCUT2D eigenvalue weighted by molar-refractivity contribution is 8.24. The van der Waals surface area contributed by atoms with Crippen LogP contribution in [0.1, 0.15) is 6.42 Å². The molecule has 2 rings (SSSR count). The third-order valence-electron chi connectivity index (χ3n) is 2.92. The minimum absolute atomic E-state index is 0.0443. The number of nitrogens with zero attached hydrogens (tertiary/aromatic N) is 1. The number of carbonyl (C=O) groups excluding carboxylic acids is 1. The van der Waals surface area contributed by atoms with Crippen molar-refractivity contribution in [1.29, 1.82) is 0 Å². The summed E-state index contributed by atoms with van der Waals surface area (Å²) in [5.74, 6) is -0.488. The van der Waals surface area contributed by atoms with Gasteiger partial charge in [0.25, 0.3) is 0 Å². The third kappa shape index (κ3) is 2.74. The zero-order chi connectivity index (χ0) is 13.3. The number of amides is 2. The van der Waals surface area contributed by atoms with Crippen LogP contribution in [0, 0.1) is 5.82 Å². The lowest BCUT2D eigenvalue weighted by Crippen LogP contribution is -2.44. The quantitative estimate of drug-likeness (QED) is 0.885. The van der Waals surface area contributed by atoms with Crippen LogP contribution in [0.2, 0.25) is 0 Å². The van der Waals surface area contributed by atoms with Crippen molar-refractivity contribution in [2.75, 3.05) is 16.4 Å². The number of hydrogen-bond donors (Lipinski definition) is 1. The summed E-state index contributed by atoms with van der Waals surface area (Å²) < 4.78 is 35.7. The van der Waals surface area contributed by atoms with E-state index in [4.69, 9.17) is 5.73 Å². The van der Waals surface area contributed by atoms with Gasteiger partial charge in [0.2, 0.25) is 0 Å². The van der Waals surface area contributed by atoms with Gasteiger partial charge in [0, 0.05) is 5.69 Å². The van der Waals surface area contributed by atoms with Crippen LogP contribution in [0.3, 0.4) is 0 Å². The fourth-order valence-electron chi connectivity index (χ4n) is 2.10. The molecule has 2 amide bonds. The molecule has 0 bridgehead atoms. The molecule has 1 aliphatic rings. The van der Waals surface area contributed by atoms with Crippen LogP contribution in [0.25, 0.3) is 0 Å². The maximum Gasteiger partial charge on any atom is 0.319 e. The Labute approximate surface area is 106 Å². The second-order valence-electron chi connectivity index (χ2n) is 4.24. The lowest BCUT2D eigenvalue weighted by atomic mass is 10.2. The summed E-state index contributed by atoms with van der Waals surface area (Å²) in [6, 6.07) is 4.01. The maximum absolute atomic E-state index is 12.8. The molecule has 2 N–H and O–H groups in total. The van der Waals surface area contributed by atoms with Crippen LogP contribution in [0.4, 0.5) is 14.9 Å². The molecule has 100 valence electrons. The van der Waals surface area contributed by atoms with Gasteiger partial charge in [0.15, 0.2) is 0 Å². The summed E-state index contributed by atoms with van der Waals surface area (Å²) in [4.78, 5) is 12.7. The summed E-state index contributed by atoms with van der Waals surface area (Å²) in [6.45, 7) is 0. The Morgan fingerprint density at radius 2 is 2.00 bits per heavy atom. The molecule has 0 aliphatic carbocycles. The number of anilines is 1. The number of hydrogen-bond acceptors (Lipinski definition) is 3. The molecule has 1 heterocycles. The van der Waals surface area contributed by atoms with E-state index in [1.807, 2.05) is 0 Å². The van der Waals surface area contributed by atoms with Crippen LogP contribution in [0.5, 0.6) is 0 Å². The summed E-state index contributed by atoms with van der Waals surface area (Å²) >= 11 is 0. The molecule has 1 unspecified atom stereocenters. The first kappa shape index (κ1) is 13.1. The monoisotopic (exact) mass is 272 g/mol. The highest BCUT2D eigenvalue weighted by Crippen LogP contribution is 2.47. The van der Waals surface area contributed by atoms with Gasteiger partial charge in [-0.05, 0) is 42.2 Å². The van der Waals surface area contributed by atoms with Gasteiger partial charge in [-0.1, -0.05) is 0 Å². The Kier molecular flexibility index (Phi) is 3.47. The Morgan fingerprint density at radius 1 is 1.39 bits per heavy atom. The van der Waals surface area contributed by atoms with Crippen LogP contribution in [0.15, 0.2) is 24.3 Å². The van der Waals surface area contributed by atoms with Gasteiger partial charge in [-0.25, -0.2) is 9.18 Å². The fourth-order valence-corrected chi connectivity index (χ4v) is 3.80. The fraction of sp³-hybridized carbons (Fsp3) is 0.364. The van der Waals surface area contributed by atoms with Gasteiger partial charge in [0.05, 0.1) is 6.04 Å². The lowest BCUT2D eigenvalue weighted by Gasteiger charge is -2.57. The second-order valence-corrected chi connectivity index (χ2v) is 6.47. The number of primary amides is 1. The van der Waals surface area contributed by atoms with Crippen molar-refractivity contribution in [2.24, 2.45) is 5.73 Å². The van der Waals surface area contributed by atoms with E-state index in [1.165, 1.54) is 29.2 Å². The Hall–Kier alpha value is -1.31. The minimum atomic E-state index is -3.11. The number of halogens is 1. The summed E-state index contributed by atoms with van der Waals surface area (Å²) in [6.07, 6.45) is 0.350. The highest BCUT2D eigenvalue weighted by atomic mass is 32.3. The van der Waals surface area contributed by atoms with Gasteiger partial charge in [-0.2, -0.15) is 0 Å². The molecule has 1 atom stereocenters. The van der Waals surface area contributed by atoms with Crippen molar-refractivity contribution in [3.8, 4) is 0 Å². The third-order valence-corrected chi connectivity index (χ3v) is 4.67. The average molecular weight is 272 g/mol. The predicted octanol–water partition coefficient (Wildman–Crippen LogP) is 1.55. The van der Waals surface area contributed by atoms with E-state index in [9.17, 15) is 18.3 Å². The molecular formula is C11H13FN2O3S-2. The standard InChI is InChI=1S/C11H15FN2O3S/c12-8-1-3-9(4-2-8)14(11(13)15)10-5-6-18(16,17)7-10/h1-4,10,16-17H,5-7H2,(H2,13,15)/p-2. The molecule has 0 aromatic heterocycles. The Balaban J connectivity index is 2.24. The van der Waals surface area contributed by atoms with Gasteiger partial charge in [-0.15, -0.1) is 0 Å². The number of nitrogens with two attached hydrogens (primary N) is 1. The molecule has 0 radical (unpaired) electrons. The maximum atomic E-state index is 12.8. The van der Waals surface area contributed by atoms with E-state index >= 15 is 0 Å². The smallest absolute Gasteiger partial charge is 0.319 e. The number of benzene rings is 1. The van der Waals surface area contributed by atoms with Crippen LogP contribution >= 0.6 is 10.6 Å². The van der Waals surface area contributed by atoms with E-state index in [-0.39, 0.29) is 11.5 Å². The van der Waals surface area contributed by atoms with Crippen molar-refractivity contribution < 1.29 is 18.3 Å². The summed E-state index contributed by atoms with van der Waals surface area (Å²) in [5, 5.41) is 0. The average Bonchev–Trinajstić information content (AvgIpc) is 2.61. The van der Waals surface area contributed by atoms with E-state index < -0.39 is 28.5 Å². The topological polar surface area (TPSA) is 92.5 Å². The van der Waals surface area contributed by atoms with Gasteiger partial charge < -0.3 is 25.4 Å². The van der Waals surface area contributed by atoms with Crippen LogP contribution in [-0.4, -0.2) is 32.7 Å². The van der Waals surface area contributed by atoms with E-state index in [1.54, 1.807) is 0 Å². The van der Waals surface area contributed by atoms with Crippen molar-refractivity contribution >= 4 is 22.3 Å². The zero-order valence-electron chi connectivity index (χ0n) is 9.54. The molecule has 1 saturated heterocycles. The van der Waals surface area contributed by atoms with Gasteiger partial charge >= 0.3 is 6.03 Å². The lowest BCUT2D eigenvalue weighted by molar-refractivity contribution is 0.252. The number of carbonyl (C=O) groups is 1. The second kappa shape index (κ2) is 4.75. The number of urea groups is 1. The molecule has 1 aromatic carbocycles. The molecule has 0 saturated carbocycles. The Bertz CT molecular complexity index is 452. The summed E-state index contributed by atoms with van der Waals surface area (Å²) in [7, 11) is -3.11. The van der Waals surface area contributed by atoms with Crippen LogP contribution < -0.4 is 10.6 Å². The molecule has 7 heteroatoms. The molecule has 1 aliphatic heterocycles. The first-order valence-corrected chi connectivity index (χ1v) is 7.26. The van der Waals surface area contributed by atoms with Crippen molar-refractivity contribution in [3.05, 3.63) is 30.1 Å².